The topological polar surface area (TPSA) is 105 Å². The third-order valence-corrected chi connectivity index (χ3v) is 4.95. The second-order valence-corrected chi connectivity index (χ2v) is 8.11. The molecule has 27 heavy (non-hydrogen) atoms. The second kappa shape index (κ2) is 6.86. The zero-order valence-corrected chi connectivity index (χ0v) is 16.2. The molecule has 2 aliphatic rings. The van der Waals surface area contributed by atoms with Crippen LogP contribution < -0.4 is 0 Å². The van der Waals surface area contributed by atoms with Gasteiger partial charge in [-0.2, -0.15) is 0 Å². The number of ether oxygens (including phenoxy) is 1. The first-order valence-electron chi connectivity index (χ1n) is 9.11. The van der Waals surface area contributed by atoms with Gasteiger partial charge < -0.3 is 24.2 Å². The molecule has 1 aromatic rings. The van der Waals surface area contributed by atoms with Gasteiger partial charge in [-0.1, -0.05) is 0 Å². The number of amides is 2. The van der Waals surface area contributed by atoms with Crippen LogP contribution in [0.15, 0.2) is 0 Å². The lowest BCUT2D eigenvalue weighted by Gasteiger charge is -2.29. The molecular formula is C18H26N4O5. The third kappa shape index (κ3) is 3.91. The molecule has 148 valence electrons. The number of aromatic nitrogens is 2. The minimum atomic E-state index is -1.08. The Hall–Kier alpha value is -2.58. The van der Waals surface area contributed by atoms with E-state index in [1.807, 2.05) is 20.8 Å². The van der Waals surface area contributed by atoms with Gasteiger partial charge in [0.2, 0.25) is 11.7 Å². The van der Waals surface area contributed by atoms with Gasteiger partial charge in [0, 0.05) is 38.8 Å². The Morgan fingerprint density at radius 1 is 1.19 bits per heavy atom. The van der Waals surface area contributed by atoms with Crippen molar-refractivity contribution in [1.29, 1.82) is 0 Å². The van der Waals surface area contributed by atoms with Crippen molar-refractivity contribution in [2.75, 3.05) is 19.6 Å². The van der Waals surface area contributed by atoms with Crippen molar-refractivity contribution >= 4 is 18.0 Å². The normalized spacial score (nSPS) is 19.8. The summed E-state index contributed by atoms with van der Waals surface area (Å²) in [6, 6.07) is 0. The molecule has 0 aliphatic carbocycles. The zero-order valence-electron chi connectivity index (χ0n) is 16.2. The van der Waals surface area contributed by atoms with Crippen LogP contribution >= 0.6 is 0 Å². The smallest absolute Gasteiger partial charge is 0.410 e. The van der Waals surface area contributed by atoms with E-state index in [9.17, 15) is 19.5 Å². The average Bonchev–Trinajstić information content (AvgIpc) is 3.18. The van der Waals surface area contributed by atoms with Crippen molar-refractivity contribution in [1.82, 2.24) is 19.4 Å². The standard InChI is InChI=1S/C18H26N4O5/c1-18(2,3)27-17(26)22-7-5-11(9-22)15(23)21-8-6-13-12(10-21)19-14(16(24)25)20(13)4/h11H,5-10H2,1-4H3,(H,24,25). The third-order valence-electron chi connectivity index (χ3n) is 4.95. The maximum atomic E-state index is 12.9. The molecule has 3 heterocycles. The molecule has 1 saturated heterocycles. The summed E-state index contributed by atoms with van der Waals surface area (Å²) in [6.45, 7) is 7.11. The molecule has 9 nitrogen and oxygen atoms in total. The van der Waals surface area contributed by atoms with Gasteiger partial charge >= 0.3 is 12.1 Å². The Balaban J connectivity index is 1.64. The summed E-state index contributed by atoms with van der Waals surface area (Å²) < 4.78 is 6.96. The van der Waals surface area contributed by atoms with E-state index in [1.165, 1.54) is 0 Å². The van der Waals surface area contributed by atoms with Gasteiger partial charge in [-0.25, -0.2) is 14.6 Å². The van der Waals surface area contributed by atoms with Crippen LogP contribution in [0, 0.1) is 5.92 Å². The van der Waals surface area contributed by atoms with Crippen molar-refractivity contribution in [3.8, 4) is 0 Å². The maximum Gasteiger partial charge on any atom is 0.410 e. The van der Waals surface area contributed by atoms with Crippen LogP contribution in [-0.4, -0.2) is 67.7 Å². The van der Waals surface area contributed by atoms with Crippen LogP contribution in [0.4, 0.5) is 4.79 Å². The fourth-order valence-corrected chi connectivity index (χ4v) is 3.62. The highest BCUT2D eigenvalue weighted by molar-refractivity contribution is 5.84. The molecule has 0 spiro atoms. The number of carbonyl (C=O) groups is 3. The fourth-order valence-electron chi connectivity index (χ4n) is 3.62. The number of nitrogens with zero attached hydrogens (tertiary/aromatic N) is 4. The molecule has 2 amide bonds. The Morgan fingerprint density at radius 2 is 1.89 bits per heavy atom. The highest BCUT2D eigenvalue weighted by atomic mass is 16.6. The van der Waals surface area contributed by atoms with E-state index in [0.29, 0.717) is 44.7 Å². The number of likely N-dealkylation sites (tertiary alicyclic amines) is 1. The lowest BCUT2D eigenvalue weighted by Crippen LogP contribution is -2.42. The van der Waals surface area contributed by atoms with Crippen molar-refractivity contribution in [3.63, 3.8) is 0 Å². The van der Waals surface area contributed by atoms with E-state index in [-0.39, 0.29) is 17.6 Å². The fraction of sp³-hybridized carbons (Fsp3) is 0.667. The molecule has 1 fully saturated rings. The van der Waals surface area contributed by atoms with E-state index in [1.54, 1.807) is 21.4 Å². The number of carboxylic acid groups (broad SMARTS) is 1. The number of fused-ring (bicyclic) bond motifs is 1. The van der Waals surface area contributed by atoms with Crippen LogP contribution in [0.2, 0.25) is 0 Å². The van der Waals surface area contributed by atoms with Crippen LogP contribution in [0.5, 0.6) is 0 Å². The van der Waals surface area contributed by atoms with E-state index in [0.717, 1.165) is 5.69 Å². The number of imidazole rings is 1. The first-order valence-corrected chi connectivity index (χ1v) is 9.11. The lowest BCUT2D eigenvalue weighted by molar-refractivity contribution is -0.136. The minimum absolute atomic E-state index is 0.00809. The van der Waals surface area contributed by atoms with Gasteiger partial charge in [0.05, 0.1) is 18.2 Å². The van der Waals surface area contributed by atoms with Crippen LogP contribution in [0.3, 0.4) is 0 Å². The predicted molar refractivity (Wildman–Crippen MR) is 95.2 cm³/mol. The molecule has 1 aromatic heterocycles. The molecule has 0 saturated carbocycles. The molecule has 0 aromatic carbocycles. The minimum Gasteiger partial charge on any atom is -0.475 e. The summed E-state index contributed by atoms with van der Waals surface area (Å²) in [5, 5.41) is 9.21. The average molecular weight is 378 g/mol. The Bertz CT molecular complexity index is 779. The van der Waals surface area contributed by atoms with Crippen LogP contribution in [0.1, 0.15) is 49.2 Å². The first kappa shape index (κ1) is 19.2. The van der Waals surface area contributed by atoms with Gasteiger partial charge in [-0.15, -0.1) is 0 Å². The monoisotopic (exact) mass is 378 g/mol. The maximum absolute atomic E-state index is 12.9. The number of carboxylic acids is 1. The number of aromatic carboxylic acids is 1. The number of rotatable bonds is 2. The quantitative estimate of drug-likeness (QED) is 0.831. The first-order chi connectivity index (χ1) is 12.6. The molecule has 1 unspecified atom stereocenters. The van der Waals surface area contributed by atoms with E-state index >= 15 is 0 Å². The highest BCUT2D eigenvalue weighted by Gasteiger charge is 2.37. The Morgan fingerprint density at radius 3 is 2.52 bits per heavy atom. The molecular weight excluding hydrogens is 352 g/mol. The lowest BCUT2D eigenvalue weighted by atomic mass is 10.0. The van der Waals surface area contributed by atoms with E-state index in [4.69, 9.17) is 4.74 Å². The molecule has 1 atom stereocenters. The SMILES string of the molecule is Cn1c(C(=O)O)nc2c1CCN(C(=O)C1CCN(C(=O)OC(C)(C)C)C1)C2. The second-order valence-electron chi connectivity index (χ2n) is 8.11. The van der Waals surface area contributed by atoms with Crippen molar-refractivity contribution < 1.29 is 24.2 Å². The molecule has 0 bridgehead atoms. The van der Waals surface area contributed by atoms with Crippen LogP contribution in [-0.2, 0) is 29.5 Å². The number of hydrogen-bond donors (Lipinski definition) is 1. The van der Waals surface area contributed by atoms with Gasteiger partial charge in [-0.05, 0) is 27.2 Å². The van der Waals surface area contributed by atoms with E-state index in [2.05, 4.69) is 4.98 Å². The molecule has 1 N–H and O–H groups in total. The van der Waals surface area contributed by atoms with Gasteiger partial charge in [-0.3, -0.25) is 4.79 Å². The predicted octanol–water partition coefficient (Wildman–Crippen LogP) is 1.26. The van der Waals surface area contributed by atoms with Gasteiger partial charge in [0.25, 0.3) is 0 Å². The zero-order chi connectivity index (χ0) is 19.9. The van der Waals surface area contributed by atoms with Crippen LogP contribution in [0.25, 0.3) is 0 Å². The highest BCUT2D eigenvalue weighted by Crippen LogP contribution is 2.25. The summed E-state index contributed by atoms with van der Waals surface area (Å²) in [5.41, 5.74) is 0.929. The van der Waals surface area contributed by atoms with Crippen molar-refractivity contribution in [3.05, 3.63) is 17.2 Å². The van der Waals surface area contributed by atoms with Crippen molar-refractivity contribution in [2.45, 2.75) is 45.8 Å². The summed E-state index contributed by atoms with van der Waals surface area (Å²) >= 11 is 0. The van der Waals surface area contributed by atoms with E-state index < -0.39 is 17.7 Å². The Labute approximate surface area is 157 Å². The number of hydrogen-bond acceptors (Lipinski definition) is 5. The number of carbonyl (C=O) groups excluding carboxylic acids is 2. The van der Waals surface area contributed by atoms with Crippen molar-refractivity contribution in [2.24, 2.45) is 13.0 Å². The van der Waals surface area contributed by atoms with Gasteiger partial charge in [0.1, 0.15) is 5.60 Å². The Kier molecular flexibility index (Phi) is 4.88. The molecule has 3 rings (SSSR count). The molecule has 0 radical (unpaired) electrons. The molecule has 2 aliphatic heterocycles. The molecule has 9 heteroatoms. The summed E-state index contributed by atoms with van der Waals surface area (Å²) in [4.78, 5) is 43.8. The summed E-state index contributed by atoms with van der Waals surface area (Å²) in [7, 11) is 1.68. The van der Waals surface area contributed by atoms with Gasteiger partial charge in [0.15, 0.2) is 0 Å². The summed E-state index contributed by atoms with van der Waals surface area (Å²) in [6.07, 6.45) is 0.777. The summed E-state index contributed by atoms with van der Waals surface area (Å²) in [5.74, 6) is -1.37. The largest absolute Gasteiger partial charge is 0.475 e.